The summed E-state index contributed by atoms with van der Waals surface area (Å²) in [6.07, 6.45) is 3.09. The minimum absolute atomic E-state index is 0.453. The Bertz CT molecular complexity index is 541. The number of benzene rings is 1. The fourth-order valence-corrected chi connectivity index (χ4v) is 3.70. The van der Waals surface area contributed by atoms with E-state index in [4.69, 9.17) is 0 Å². The van der Waals surface area contributed by atoms with Gasteiger partial charge in [0.05, 0.1) is 11.3 Å². The van der Waals surface area contributed by atoms with Crippen LogP contribution in [0, 0.1) is 0 Å². The van der Waals surface area contributed by atoms with E-state index >= 15 is 0 Å². The van der Waals surface area contributed by atoms with Gasteiger partial charge in [0.15, 0.2) is 0 Å². The van der Waals surface area contributed by atoms with Crippen LogP contribution in [-0.2, 0) is 15.6 Å². The molecule has 1 aliphatic carbocycles. The summed E-state index contributed by atoms with van der Waals surface area (Å²) in [5.74, 6) is 0. The molecule has 2 N–H and O–H groups in total. The van der Waals surface area contributed by atoms with E-state index in [9.17, 15) is 13.5 Å². The third-order valence-corrected chi connectivity index (χ3v) is 5.93. The molecule has 2 atom stereocenters. The molecule has 0 radical (unpaired) electrons. The van der Waals surface area contributed by atoms with Gasteiger partial charge in [-0.3, -0.25) is 0 Å². The largest absolute Gasteiger partial charge is 0.383 e. The summed E-state index contributed by atoms with van der Waals surface area (Å²) in [7, 11) is -3.39. The van der Waals surface area contributed by atoms with Crippen molar-refractivity contribution in [3.05, 3.63) is 35.9 Å². The van der Waals surface area contributed by atoms with Crippen LogP contribution < -0.4 is 4.72 Å². The second kappa shape index (κ2) is 5.84. The Morgan fingerprint density at radius 2 is 1.90 bits per heavy atom. The van der Waals surface area contributed by atoms with Gasteiger partial charge in [0.2, 0.25) is 10.0 Å². The van der Waals surface area contributed by atoms with Gasteiger partial charge in [-0.05, 0) is 32.3 Å². The summed E-state index contributed by atoms with van der Waals surface area (Å²) in [5.41, 5.74) is -0.322. The van der Waals surface area contributed by atoms with E-state index in [1.165, 1.54) is 0 Å². The number of sulfonamides is 1. The van der Waals surface area contributed by atoms with E-state index in [-0.39, 0.29) is 0 Å². The van der Waals surface area contributed by atoms with Crippen molar-refractivity contribution < 1.29 is 13.5 Å². The van der Waals surface area contributed by atoms with Crippen molar-refractivity contribution in [3.63, 3.8) is 0 Å². The van der Waals surface area contributed by atoms with Crippen LogP contribution in [0.3, 0.4) is 0 Å². The van der Waals surface area contributed by atoms with E-state index in [2.05, 4.69) is 4.72 Å². The third-order valence-electron chi connectivity index (χ3n) is 4.08. The summed E-state index contributed by atoms with van der Waals surface area (Å²) < 4.78 is 26.9. The quantitative estimate of drug-likeness (QED) is 0.895. The Balaban J connectivity index is 2.30. The molecule has 0 aromatic heterocycles. The van der Waals surface area contributed by atoms with Gasteiger partial charge >= 0.3 is 0 Å². The van der Waals surface area contributed by atoms with E-state index in [0.29, 0.717) is 12.8 Å². The SMILES string of the molecule is CC(C)S(=O)(=O)N[C@H]1CCCC[C@]1(O)c1ccccc1. The molecule has 1 aromatic rings. The Morgan fingerprint density at radius 3 is 2.50 bits per heavy atom. The van der Waals surface area contributed by atoms with Gasteiger partial charge in [0.1, 0.15) is 5.60 Å². The lowest BCUT2D eigenvalue weighted by Gasteiger charge is -2.40. The van der Waals surface area contributed by atoms with Gasteiger partial charge in [0.25, 0.3) is 0 Å². The van der Waals surface area contributed by atoms with Gasteiger partial charge in [-0.2, -0.15) is 0 Å². The standard InChI is InChI=1S/C15H23NO3S/c1-12(2)20(18,19)16-14-10-6-7-11-15(14,17)13-8-4-3-5-9-13/h3-5,8-9,12,14,16-17H,6-7,10-11H2,1-2H3/t14-,15-/m0/s1. The van der Waals surface area contributed by atoms with Crippen molar-refractivity contribution >= 4 is 10.0 Å². The molecule has 1 saturated carbocycles. The highest BCUT2D eigenvalue weighted by Gasteiger charge is 2.42. The summed E-state index contributed by atoms with van der Waals surface area (Å²) in [4.78, 5) is 0. The normalized spacial score (nSPS) is 27.7. The summed E-state index contributed by atoms with van der Waals surface area (Å²) >= 11 is 0. The van der Waals surface area contributed by atoms with Crippen LogP contribution in [0.5, 0.6) is 0 Å². The smallest absolute Gasteiger partial charge is 0.214 e. The van der Waals surface area contributed by atoms with Crippen LogP contribution in [-0.4, -0.2) is 24.8 Å². The molecule has 20 heavy (non-hydrogen) atoms. The molecule has 0 saturated heterocycles. The van der Waals surface area contributed by atoms with E-state index < -0.39 is 26.9 Å². The molecule has 0 bridgehead atoms. The first kappa shape index (κ1) is 15.5. The van der Waals surface area contributed by atoms with E-state index in [0.717, 1.165) is 18.4 Å². The van der Waals surface area contributed by atoms with Gasteiger partial charge < -0.3 is 5.11 Å². The predicted octanol–water partition coefficient (Wildman–Crippen LogP) is 2.14. The molecule has 0 unspecified atom stereocenters. The molecule has 1 fully saturated rings. The predicted molar refractivity (Wildman–Crippen MR) is 79.8 cm³/mol. The molecule has 4 nitrogen and oxygen atoms in total. The zero-order valence-corrected chi connectivity index (χ0v) is 12.9. The highest BCUT2D eigenvalue weighted by molar-refractivity contribution is 7.90. The van der Waals surface area contributed by atoms with Gasteiger partial charge in [-0.1, -0.05) is 43.2 Å². The first-order valence-corrected chi connectivity index (χ1v) is 8.70. The Kier molecular flexibility index (Phi) is 4.52. The van der Waals surface area contributed by atoms with Crippen molar-refractivity contribution in [1.29, 1.82) is 0 Å². The van der Waals surface area contributed by atoms with E-state index in [1.807, 2.05) is 30.3 Å². The van der Waals surface area contributed by atoms with Crippen molar-refractivity contribution in [1.82, 2.24) is 4.72 Å². The van der Waals surface area contributed by atoms with Gasteiger partial charge in [-0.25, -0.2) is 13.1 Å². The minimum atomic E-state index is -3.39. The van der Waals surface area contributed by atoms with Crippen LogP contribution in [0.2, 0.25) is 0 Å². The number of nitrogens with one attached hydrogen (secondary N) is 1. The molecular weight excluding hydrogens is 274 g/mol. The van der Waals surface area contributed by atoms with Crippen molar-refractivity contribution in [3.8, 4) is 0 Å². The average molecular weight is 297 g/mol. The second-order valence-corrected chi connectivity index (χ2v) is 8.07. The highest BCUT2D eigenvalue weighted by Crippen LogP contribution is 2.37. The van der Waals surface area contributed by atoms with Gasteiger partial charge in [0, 0.05) is 0 Å². The maximum Gasteiger partial charge on any atom is 0.214 e. The molecule has 5 heteroatoms. The number of aliphatic hydroxyl groups is 1. The third kappa shape index (κ3) is 3.05. The summed E-state index contributed by atoms with van der Waals surface area (Å²) in [6, 6.07) is 8.91. The van der Waals surface area contributed by atoms with Crippen LogP contribution in [0.25, 0.3) is 0 Å². The fourth-order valence-electron chi connectivity index (χ4n) is 2.72. The molecule has 1 aliphatic rings. The first-order valence-electron chi connectivity index (χ1n) is 7.15. The Labute approximate surface area is 121 Å². The Hall–Kier alpha value is -0.910. The molecule has 112 valence electrons. The maximum atomic E-state index is 12.1. The fraction of sp³-hybridized carbons (Fsp3) is 0.600. The lowest BCUT2D eigenvalue weighted by molar-refractivity contribution is -0.0249. The average Bonchev–Trinajstić information content (AvgIpc) is 2.42. The second-order valence-electron chi connectivity index (χ2n) is 5.80. The topological polar surface area (TPSA) is 66.4 Å². The summed E-state index contributed by atoms with van der Waals surface area (Å²) in [5, 5.41) is 10.5. The molecule has 0 heterocycles. The Morgan fingerprint density at radius 1 is 1.25 bits per heavy atom. The van der Waals surface area contributed by atoms with Crippen molar-refractivity contribution in [2.45, 2.75) is 56.4 Å². The van der Waals surface area contributed by atoms with E-state index in [1.54, 1.807) is 13.8 Å². The van der Waals surface area contributed by atoms with Crippen LogP contribution >= 0.6 is 0 Å². The summed E-state index contributed by atoms with van der Waals surface area (Å²) in [6.45, 7) is 3.29. The first-order chi connectivity index (χ1) is 9.36. The van der Waals surface area contributed by atoms with Gasteiger partial charge in [-0.15, -0.1) is 0 Å². The van der Waals surface area contributed by atoms with Crippen LogP contribution in [0.15, 0.2) is 30.3 Å². The number of hydrogen-bond donors (Lipinski definition) is 2. The molecule has 0 spiro atoms. The highest BCUT2D eigenvalue weighted by atomic mass is 32.2. The van der Waals surface area contributed by atoms with Crippen molar-refractivity contribution in [2.24, 2.45) is 0 Å². The lowest BCUT2D eigenvalue weighted by Crippen LogP contribution is -2.53. The number of rotatable bonds is 4. The minimum Gasteiger partial charge on any atom is -0.383 e. The van der Waals surface area contributed by atoms with Crippen LogP contribution in [0.1, 0.15) is 45.1 Å². The maximum absolute atomic E-state index is 12.1. The molecule has 0 amide bonds. The molecule has 2 rings (SSSR count). The monoisotopic (exact) mass is 297 g/mol. The molecule has 1 aromatic carbocycles. The molecular formula is C15H23NO3S. The van der Waals surface area contributed by atoms with Crippen LogP contribution in [0.4, 0.5) is 0 Å². The zero-order chi connectivity index (χ0) is 14.8. The van der Waals surface area contributed by atoms with Crippen molar-refractivity contribution in [2.75, 3.05) is 0 Å². The zero-order valence-electron chi connectivity index (χ0n) is 12.0. The molecule has 0 aliphatic heterocycles. The number of hydrogen-bond acceptors (Lipinski definition) is 3. The lowest BCUT2D eigenvalue weighted by atomic mass is 9.76.